The van der Waals surface area contributed by atoms with Gasteiger partial charge in [-0.25, -0.2) is 4.98 Å². The van der Waals surface area contributed by atoms with Gasteiger partial charge in [0.1, 0.15) is 0 Å². The van der Waals surface area contributed by atoms with Gasteiger partial charge in [-0.2, -0.15) is 0 Å². The Bertz CT molecular complexity index is 948. The number of hydrogen-bond donors (Lipinski definition) is 3. The molecule has 31 heavy (non-hydrogen) atoms. The summed E-state index contributed by atoms with van der Waals surface area (Å²) < 4.78 is 5.86. The van der Waals surface area contributed by atoms with Crippen molar-refractivity contribution < 1.29 is 9.53 Å². The zero-order valence-corrected chi connectivity index (χ0v) is 17.9. The molecule has 3 rings (SSSR count). The monoisotopic (exact) mass is 420 g/mol. The lowest BCUT2D eigenvalue weighted by Gasteiger charge is -2.21. The molecule has 6 nitrogen and oxygen atoms in total. The topological polar surface area (TPSA) is 103 Å². The van der Waals surface area contributed by atoms with Crippen molar-refractivity contribution in [2.45, 2.75) is 37.8 Å². The second-order valence-electron chi connectivity index (χ2n) is 7.66. The Balaban J connectivity index is 1.56. The van der Waals surface area contributed by atoms with Crippen molar-refractivity contribution in [3.63, 3.8) is 0 Å². The first-order chi connectivity index (χ1) is 15.2. The predicted molar refractivity (Wildman–Crippen MR) is 125 cm³/mol. The minimum Gasteiger partial charge on any atom is -0.478 e. The number of carbonyl (C=O) groups excluding carboxylic acids is 1. The van der Waals surface area contributed by atoms with Gasteiger partial charge in [-0.15, -0.1) is 0 Å². The minimum atomic E-state index is -0.517. The van der Waals surface area contributed by atoms with Gasteiger partial charge in [-0.3, -0.25) is 4.79 Å². The summed E-state index contributed by atoms with van der Waals surface area (Å²) >= 11 is 0. The molecule has 1 heterocycles. The van der Waals surface area contributed by atoms with Crippen LogP contribution >= 0.6 is 0 Å². The van der Waals surface area contributed by atoms with Gasteiger partial charge in [0.05, 0.1) is 24.2 Å². The SMILES string of the molecule is NCCC[C@@H](N)C(=O)C(CCOc1ccc2ccccc2n1)NCCc1ccccc1. The van der Waals surface area contributed by atoms with Crippen LogP contribution in [0.15, 0.2) is 66.7 Å². The van der Waals surface area contributed by atoms with E-state index in [0.717, 1.165) is 23.7 Å². The number of rotatable bonds is 13. The molecular weight excluding hydrogens is 388 g/mol. The summed E-state index contributed by atoms with van der Waals surface area (Å²) in [6.45, 7) is 1.60. The summed E-state index contributed by atoms with van der Waals surface area (Å²) in [5, 5.41) is 4.45. The Morgan fingerprint density at radius 3 is 2.58 bits per heavy atom. The molecule has 0 aliphatic carbocycles. The van der Waals surface area contributed by atoms with E-state index < -0.39 is 6.04 Å². The first-order valence-corrected chi connectivity index (χ1v) is 10.9. The van der Waals surface area contributed by atoms with E-state index in [1.54, 1.807) is 0 Å². The lowest BCUT2D eigenvalue weighted by atomic mass is 9.99. The van der Waals surface area contributed by atoms with Gasteiger partial charge >= 0.3 is 0 Å². The lowest BCUT2D eigenvalue weighted by molar-refractivity contribution is -0.122. The van der Waals surface area contributed by atoms with Crippen molar-refractivity contribution in [1.82, 2.24) is 10.3 Å². The van der Waals surface area contributed by atoms with Gasteiger partial charge in [0.25, 0.3) is 0 Å². The standard InChI is InChI=1S/C25H32N4O2/c26-16-6-10-21(27)25(30)23(28-17-14-19-7-2-1-3-8-19)15-18-31-24-13-12-20-9-4-5-11-22(20)29-24/h1-5,7-9,11-13,21,23,28H,6,10,14-18,26-27H2/t21-,23?/m1/s1. The van der Waals surface area contributed by atoms with Crippen molar-refractivity contribution >= 4 is 16.7 Å². The highest BCUT2D eigenvalue weighted by Gasteiger charge is 2.23. The third-order valence-corrected chi connectivity index (χ3v) is 5.30. The second-order valence-corrected chi connectivity index (χ2v) is 7.66. The van der Waals surface area contributed by atoms with Crippen molar-refractivity contribution in [3.8, 4) is 5.88 Å². The molecule has 5 N–H and O–H groups in total. The first kappa shape index (κ1) is 22.9. The van der Waals surface area contributed by atoms with Gasteiger partial charge < -0.3 is 21.5 Å². The molecule has 1 unspecified atom stereocenters. The van der Waals surface area contributed by atoms with Crippen LogP contribution in [0, 0.1) is 0 Å². The Kier molecular flexibility index (Phi) is 8.97. The van der Waals surface area contributed by atoms with Crippen LogP contribution in [0.5, 0.6) is 5.88 Å². The van der Waals surface area contributed by atoms with Crippen molar-refractivity contribution in [2.75, 3.05) is 19.7 Å². The predicted octanol–water partition coefficient (Wildman–Crippen LogP) is 2.84. The van der Waals surface area contributed by atoms with Crippen LogP contribution < -0.4 is 21.5 Å². The number of nitrogens with one attached hydrogen (secondary N) is 1. The van der Waals surface area contributed by atoms with Crippen LogP contribution in [-0.2, 0) is 11.2 Å². The maximum Gasteiger partial charge on any atom is 0.213 e. The number of para-hydroxylation sites is 1. The molecule has 0 aliphatic rings. The fourth-order valence-corrected chi connectivity index (χ4v) is 3.53. The second kappa shape index (κ2) is 12.2. The quantitative estimate of drug-likeness (QED) is 0.393. The van der Waals surface area contributed by atoms with Gasteiger partial charge in [0.2, 0.25) is 5.88 Å². The average Bonchev–Trinajstić information content (AvgIpc) is 2.81. The molecule has 164 valence electrons. The smallest absolute Gasteiger partial charge is 0.213 e. The molecule has 2 atom stereocenters. The molecule has 0 bridgehead atoms. The number of nitrogens with two attached hydrogens (primary N) is 2. The summed E-state index contributed by atoms with van der Waals surface area (Å²) in [6, 6.07) is 21.1. The van der Waals surface area contributed by atoms with Crippen LogP contribution in [0.3, 0.4) is 0 Å². The summed E-state index contributed by atoms with van der Waals surface area (Å²) in [5.74, 6) is 0.568. The lowest BCUT2D eigenvalue weighted by Crippen LogP contribution is -2.47. The zero-order valence-electron chi connectivity index (χ0n) is 17.9. The average molecular weight is 421 g/mol. The minimum absolute atomic E-state index is 0.0107. The van der Waals surface area contributed by atoms with E-state index >= 15 is 0 Å². The van der Waals surface area contributed by atoms with E-state index in [9.17, 15) is 4.79 Å². The largest absolute Gasteiger partial charge is 0.478 e. The number of hydrogen-bond acceptors (Lipinski definition) is 6. The molecule has 2 aromatic carbocycles. The van der Waals surface area contributed by atoms with Crippen molar-refractivity contribution in [2.24, 2.45) is 11.5 Å². The number of pyridine rings is 1. The first-order valence-electron chi connectivity index (χ1n) is 10.9. The summed E-state index contributed by atoms with van der Waals surface area (Å²) in [4.78, 5) is 17.4. The Hall–Kier alpha value is -2.80. The maximum atomic E-state index is 12.9. The Labute approximate surface area is 184 Å². The highest BCUT2D eigenvalue weighted by atomic mass is 16.5. The van der Waals surface area contributed by atoms with E-state index in [2.05, 4.69) is 22.4 Å². The van der Waals surface area contributed by atoms with Gasteiger partial charge in [-0.05, 0) is 50.0 Å². The van der Waals surface area contributed by atoms with E-state index in [1.807, 2.05) is 54.6 Å². The van der Waals surface area contributed by atoms with E-state index in [0.29, 0.717) is 38.4 Å². The molecule has 0 fully saturated rings. The van der Waals surface area contributed by atoms with Gasteiger partial charge in [-0.1, -0.05) is 48.5 Å². The highest BCUT2D eigenvalue weighted by molar-refractivity contribution is 5.88. The number of carbonyl (C=O) groups is 1. The molecule has 6 heteroatoms. The van der Waals surface area contributed by atoms with Crippen molar-refractivity contribution in [1.29, 1.82) is 0 Å². The zero-order chi connectivity index (χ0) is 21.9. The molecular formula is C25H32N4O2. The Morgan fingerprint density at radius 1 is 1.00 bits per heavy atom. The molecule has 3 aromatic rings. The summed E-state index contributed by atoms with van der Waals surface area (Å²) in [7, 11) is 0. The van der Waals surface area contributed by atoms with Gasteiger partial charge in [0.15, 0.2) is 5.78 Å². The fourth-order valence-electron chi connectivity index (χ4n) is 3.53. The maximum absolute atomic E-state index is 12.9. The van der Waals surface area contributed by atoms with E-state index in [1.165, 1.54) is 5.56 Å². The molecule has 1 aromatic heterocycles. The van der Waals surface area contributed by atoms with Crippen LogP contribution in [0.4, 0.5) is 0 Å². The van der Waals surface area contributed by atoms with Gasteiger partial charge in [0, 0.05) is 17.9 Å². The molecule has 0 saturated heterocycles. The Morgan fingerprint density at radius 2 is 1.77 bits per heavy atom. The van der Waals surface area contributed by atoms with E-state index in [-0.39, 0.29) is 11.8 Å². The number of Topliss-reactive ketones (excluding diaryl/α,β-unsaturated/α-hetero) is 1. The van der Waals surface area contributed by atoms with Crippen LogP contribution in [0.25, 0.3) is 10.9 Å². The highest BCUT2D eigenvalue weighted by Crippen LogP contribution is 2.16. The summed E-state index contributed by atoms with van der Waals surface area (Å²) in [6.07, 6.45) is 2.70. The van der Waals surface area contributed by atoms with Crippen molar-refractivity contribution in [3.05, 3.63) is 72.3 Å². The number of nitrogens with zero attached hydrogens (tertiary/aromatic N) is 1. The molecule has 0 radical (unpaired) electrons. The number of fused-ring (bicyclic) bond motifs is 1. The fraction of sp³-hybridized carbons (Fsp3) is 0.360. The van der Waals surface area contributed by atoms with Crippen LogP contribution in [-0.4, -0.2) is 42.5 Å². The van der Waals surface area contributed by atoms with Crippen LogP contribution in [0.2, 0.25) is 0 Å². The molecule has 0 saturated carbocycles. The molecule has 0 spiro atoms. The number of ketones is 1. The summed E-state index contributed by atoms with van der Waals surface area (Å²) in [5.41, 5.74) is 13.8. The molecule has 0 aliphatic heterocycles. The normalized spacial score (nSPS) is 13.1. The third-order valence-electron chi connectivity index (χ3n) is 5.30. The number of aromatic nitrogens is 1. The van der Waals surface area contributed by atoms with Crippen LogP contribution in [0.1, 0.15) is 24.8 Å². The third kappa shape index (κ3) is 7.14. The molecule has 0 amide bonds. The van der Waals surface area contributed by atoms with E-state index in [4.69, 9.17) is 16.2 Å². The number of ether oxygens (including phenoxy) is 1. The number of benzene rings is 2.